The van der Waals surface area contributed by atoms with Gasteiger partial charge in [0.2, 0.25) is 0 Å². The van der Waals surface area contributed by atoms with Gasteiger partial charge >= 0.3 is 0 Å². The molecule has 23 rings (SSSR count). The molecule has 0 spiro atoms. The lowest BCUT2D eigenvalue weighted by atomic mass is 9.85. The van der Waals surface area contributed by atoms with Gasteiger partial charge < -0.3 is 18.9 Å². The van der Waals surface area contributed by atoms with Crippen LogP contribution >= 0.6 is 0 Å². The van der Waals surface area contributed by atoms with Crippen molar-refractivity contribution in [2.45, 2.75) is 6.92 Å². The van der Waals surface area contributed by atoms with Crippen LogP contribution in [-0.4, -0.2) is 9.13 Å². The van der Waals surface area contributed by atoms with Crippen molar-refractivity contribution < 1.29 is 0 Å². The Bertz CT molecular complexity index is 7680. The van der Waals surface area contributed by atoms with Gasteiger partial charge in [-0.05, 0) is 308 Å². The van der Waals surface area contributed by atoms with Crippen molar-refractivity contribution in [2.75, 3.05) is 9.80 Å². The van der Waals surface area contributed by atoms with E-state index in [0.29, 0.717) is 0 Å². The van der Waals surface area contributed by atoms with Gasteiger partial charge in [0.15, 0.2) is 0 Å². The summed E-state index contributed by atoms with van der Waals surface area (Å²) >= 11 is 0. The molecule has 0 fully saturated rings. The maximum atomic E-state index is 2.44. The van der Waals surface area contributed by atoms with E-state index in [9.17, 15) is 0 Å². The molecule has 21 aromatic carbocycles. The normalized spacial score (nSPS) is 11.7. The Morgan fingerprint density at radius 3 is 0.731 bits per heavy atom. The fraction of sp³-hybridized carbons (Fsp3) is 0.00870. The van der Waals surface area contributed by atoms with Crippen LogP contribution in [0.1, 0.15) is 5.56 Å². The molecule has 0 bridgehead atoms. The molecule has 4 heteroatoms. The molecule has 0 radical (unpaired) electrons. The zero-order valence-corrected chi connectivity index (χ0v) is 65.4. The molecule has 0 saturated heterocycles. The maximum Gasteiger partial charge on any atom is 0.0541 e. The van der Waals surface area contributed by atoms with Gasteiger partial charge in [-0.25, -0.2) is 0 Å². The van der Waals surface area contributed by atoms with Gasteiger partial charge in [0.05, 0.1) is 22.1 Å². The molecular weight excluding hydrogens is 1440 g/mol. The highest BCUT2D eigenvalue weighted by Gasteiger charge is 2.24. The minimum Gasteiger partial charge on any atom is -0.311 e. The third-order valence-corrected chi connectivity index (χ3v) is 24.6. The molecule has 556 valence electrons. The van der Waals surface area contributed by atoms with Crippen molar-refractivity contribution >= 4 is 142 Å². The van der Waals surface area contributed by atoms with Gasteiger partial charge in [-0.15, -0.1) is 0 Å². The Kier molecular flexibility index (Phi) is 16.5. The summed E-state index contributed by atoms with van der Waals surface area (Å²) in [6, 6.07) is 164. The summed E-state index contributed by atoms with van der Waals surface area (Å²) < 4.78 is 4.89. The first-order chi connectivity index (χ1) is 58.9. The highest BCUT2D eigenvalue weighted by Crippen LogP contribution is 2.49. The van der Waals surface area contributed by atoms with E-state index in [0.717, 1.165) is 78.7 Å². The van der Waals surface area contributed by atoms with Crippen molar-refractivity contribution in [3.63, 3.8) is 0 Å². The molecule has 23 aromatic rings. The molecule has 0 atom stereocenters. The Hall–Kier alpha value is -15.6. The van der Waals surface area contributed by atoms with Gasteiger partial charge in [-0.3, -0.25) is 0 Å². The fourth-order valence-electron chi connectivity index (χ4n) is 18.8. The van der Waals surface area contributed by atoms with E-state index < -0.39 is 0 Å². The zero-order valence-electron chi connectivity index (χ0n) is 65.4. The lowest BCUT2D eigenvalue weighted by molar-refractivity contribution is 1.17. The molecule has 119 heavy (non-hydrogen) atoms. The maximum absolute atomic E-state index is 2.44. The van der Waals surface area contributed by atoms with Gasteiger partial charge in [-0.2, -0.15) is 0 Å². The van der Waals surface area contributed by atoms with Crippen molar-refractivity contribution in [1.82, 2.24) is 9.13 Å². The molecule has 0 aliphatic heterocycles. The number of benzene rings is 21. The zero-order chi connectivity index (χ0) is 78.6. The lowest BCUT2D eigenvalue weighted by Crippen LogP contribution is -2.10. The molecule has 0 N–H and O–H groups in total. The third-order valence-electron chi connectivity index (χ3n) is 24.6. The summed E-state index contributed by atoms with van der Waals surface area (Å²) in [6.07, 6.45) is 0. The van der Waals surface area contributed by atoms with Gasteiger partial charge in [0.1, 0.15) is 0 Å². The van der Waals surface area contributed by atoms with Crippen molar-refractivity contribution in [3.05, 3.63) is 448 Å². The summed E-state index contributed by atoms with van der Waals surface area (Å²) in [7, 11) is 0. The smallest absolute Gasteiger partial charge is 0.0541 e. The van der Waals surface area contributed by atoms with Gasteiger partial charge in [0.25, 0.3) is 0 Å². The van der Waals surface area contributed by atoms with E-state index >= 15 is 0 Å². The number of rotatable bonds is 14. The monoisotopic (exact) mass is 1510 g/mol. The van der Waals surface area contributed by atoms with Crippen LogP contribution in [0.3, 0.4) is 0 Å². The topological polar surface area (TPSA) is 16.3 Å². The molecule has 0 amide bonds. The largest absolute Gasteiger partial charge is 0.311 e. The Morgan fingerprint density at radius 2 is 0.403 bits per heavy atom. The van der Waals surface area contributed by atoms with E-state index in [4.69, 9.17) is 0 Å². The Morgan fingerprint density at radius 1 is 0.160 bits per heavy atom. The lowest BCUT2D eigenvalue weighted by Gasteiger charge is -2.26. The summed E-state index contributed by atoms with van der Waals surface area (Å²) in [4.78, 5) is 4.76. The quantitative estimate of drug-likeness (QED) is 0.101. The van der Waals surface area contributed by atoms with Crippen molar-refractivity contribution in [3.8, 4) is 78.1 Å². The standard InChI is InChI=1S/C115H76N4/c1-75-32-61-104-109(66-75)115(81-43-51-97(52-44-81)117(95-28-6-3-7-29-95)99-55-59-101(60-56-99)119-112-64-47-92(88-39-35-78-20-10-14-24-84(78)69-88)73-107(112)108-74-93(48-65-113(108)119)89-40-36-79-21-11-15-25-85(79)70-89)103-31-17-16-30-102(103)114(104)80-41-49-96(50-42-80)116(94-26-4-2-5-27-94)98-53-57-100(58-54-98)118-110-62-45-90(86-37-33-76-18-8-12-22-82(76)67-86)71-105(110)106-72-91(46-63-111(106)118)87-38-34-77-19-9-13-23-83(77)68-87/h2-74H,1H3. The van der Waals surface area contributed by atoms with Crippen LogP contribution in [0.2, 0.25) is 0 Å². The molecular formula is C115H76N4. The predicted molar refractivity (Wildman–Crippen MR) is 507 cm³/mol. The SMILES string of the molecule is Cc1ccc2c(-c3ccc(N(c4ccccc4)c4ccc(-n5c6ccc(-c7ccc8ccccc8c7)cc6c6cc(-c7ccc8ccccc8c7)ccc65)cc4)cc3)c3ccccc3c(-c3ccc(N(c4ccccc4)c4ccc(-n5c6ccc(-c7ccc8ccccc8c7)cc6c6cc(-c7ccc8ccccc8c7)ccc65)cc4)cc3)c2c1. The summed E-state index contributed by atoms with van der Waals surface area (Å²) in [5, 5.41) is 19.6. The number of aromatic nitrogens is 2. The molecule has 0 aliphatic carbocycles. The number of fused-ring (bicyclic) bond motifs is 12. The average Bonchev–Trinajstić information content (AvgIpc) is 1.52. The molecule has 0 aliphatic rings. The second-order valence-corrected chi connectivity index (χ2v) is 31.7. The number of hydrogen-bond donors (Lipinski definition) is 0. The van der Waals surface area contributed by atoms with Crippen LogP contribution in [0.15, 0.2) is 443 Å². The van der Waals surface area contributed by atoms with Crippen LogP contribution in [0.5, 0.6) is 0 Å². The molecule has 0 saturated carbocycles. The van der Waals surface area contributed by atoms with Crippen LogP contribution in [-0.2, 0) is 0 Å². The minimum absolute atomic E-state index is 1.06. The van der Waals surface area contributed by atoms with E-state index in [1.54, 1.807) is 0 Å². The van der Waals surface area contributed by atoms with Crippen LogP contribution < -0.4 is 9.80 Å². The number of anilines is 6. The third kappa shape index (κ3) is 12.1. The Labute approximate surface area is 690 Å². The molecule has 2 aromatic heterocycles. The van der Waals surface area contributed by atoms with Gasteiger partial charge in [0, 0.05) is 67.0 Å². The van der Waals surface area contributed by atoms with Gasteiger partial charge in [-0.1, -0.05) is 279 Å². The van der Waals surface area contributed by atoms with Crippen LogP contribution in [0, 0.1) is 6.92 Å². The van der Waals surface area contributed by atoms with E-state index in [1.807, 2.05) is 0 Å². The summed E-state index contributed by atoms with van der Waals surface area (Å²) in [5.74, 6) is 0. The first-order valence-electron chi connectivity index (χ1n) is 41.1. The Balaban J connectivity index is 0.580. The summed E-state index contributed by atoms with van der Waals surface area (Å²) in [5.41, 5.74) is 28.8. The first kappa shape index (κ1) is 68.9. The van der Waals surface area contributed by atoms with Crippen LogP contribution in [0.4, 0.5) is 34.1 Å². The highest BCUT2D eigenvalue weighted by atomic mass is 15.1. The molecule has 0 unspecified atom stereocenters. The van der Waals surface area contributed by atoms with Crippen molar-refractivity contribution in [1.29, 1.82) is 0 Å². The van der Waals surface area contributed by atoms with E-state index in [2.05, 4.69) is 469 Å². The van der Waals surface area contributed by atoms with E-state index in [-0.39, 0.29) is 0 Å². The summed E-state index contributed by atoms with van der Waals surface area (Å²) in [6.45, 7) is 2.21. The predicted octanol–water partition coefficient (Wildman–Crippen LogP) is 32.1. The number of aryl methyl sites for hydroxylation is 1. The molecule has 4 nitrogen and oxygen atoms in total. The molecule has 2 heterocycles. The first-order valence-corrected chi connectivity index (χ1v) is 41.1. The second-order valence-electron chi connectivity index (χ2n) is 31.7. The number of nitrogens with zero attached hydrogens (tertiary/aromatic N) is 4. The van der Waals surface area contributed by atoms with E-state index in [1.165, 1.54) is 147 Å². The average molecular weight is 1510 g/mol. The highest BCUT2D eigenvalue weighted by molar-refractivity contribution is 6.22. The minimum atomic E-state index is 1.06. The fourth-order valence-corrected chi connectivity index (χ4v) is 18.8. The number of hydrogen-bond acceptors (Lipinski definition) is 2. The van der Waals surface area contributed by atoms with Crippen molar-refractivity contribution in [2.24, 2.45) is 0 Å². The van der Waals surface area contributed by atoms with Crippen LogP contribution in [0.25, 0.3) is 186 Å². The number of para-hydroxylation sites is 2. The second kappa shape index (κ2) is 28.4.